The molecule has 1 aromatic rings. The third kappa shape index (κ3) is 1.37. The molecule has 1 aliphatic carbocycles. The molecule has 2 N–H and O–H groups in total. The Morgan fingerprint density at radius 2 is 1.77 bits per heavy atom. The summed E-state index contributed by atoms with van der Waals surface area (Å²) < 4.78 is 0. The van der Waals surface area contributed by atoms with Gasteiger partial charge in [-0.2, -0.15) is 0 Å². The molecule has 0 spiro atoms. The second-order valence-electron chi connectivity index (χ2n) is 3.31. The van der Waals surface area contributed by atoms with Crippen molar-refractivity contribution in [2.24, 2.45) is 5.92 Å². The van der Waals surface area contributed by atoms with Crippen LogP contribution in [-0.4, -0.2) is 16.0 Å². The van der Waals surface area contributed by atoms with E-state index < -0.39 is 0 Å². The maximum atomic E-state index is 11.5. The van der Waals surface area contributed by atoms with Gasteiger partial charge in [-0.1, -0.05) is 6.07 Å². The summed E-state index contributed by atoms with van der Waals surface area (Å²) in [5.41, 5.74) is 0.0741. The molecule has 1 fully saturated rings. The van der Waals surface area contributed by atoms with Crippen LogP contribution in [0.2, 0.25) is 0 Å². The molecule has 13 heavy (non-hydrogen) atoms. The molecule has 3 heteroatoms. The third-order valence-corrected chi connectivity index (χ3v) is 2.22. The number of carbonyl (C=O) groups excluding carboxylic acids is 1. The monoisotopic (exact) mass is 178 g/mol. The quantitative estimate of drug-likeness (QED) is 0.677. The van der Waals surface area contributed by atoms with Crippen LogP contribution in [0.25, 0.3) is 0 Å². The second kappa shape index (κ2) is 2.76. The Bertz CT molecular complexity index is 333. The van der Waals surface area contributed by atoms with E-state index >= 15 is 0 Å². The maximum Gasteiger partial charge on any atom is 0.173 e. The molecule has 68 valence electrons. The van der Waals surface area contributed by atoms with Gasteiger partial charge in [0.2, 0.25) is 0 Å². The van der Waals surface area contributed by atoms with Crippen molar-refractivity contribution < 1.29 is 15.0 Å². The van der Waals surface area contributed by atoms with E-state index in [-0.39, 0.29) is 28.8 Å². The molecule has 1 aliphatic rings. The molecule has 0 amide bonds. The number of ketones is 1. The minimum atomic E-state index is -0.143. The van der Waals surface area contributed by atoms with Gasteiger partial charge in [-0.15, -0.1) is 0 Å². The van der Waals surface area contributed by atoms with E-state index in [1.54, 1.807) is 0 Å². The standard InChI is InChI=1S/C10H10O3/c11-7-2-1-3-8(12)9(7)10(13)6-4-5-6/h1-3,6,11-12H,4-5H2. The zero-order chi connectivity index (χ0) is 9.42. The minimum absolute atomic E-state index is 0.0131. The molecular formula is C10H10O3. The zero-order valence-corrected chi connectivity index (χ0v) is 7.03. The lowest BCUT2D eigenvalue weighted by Crippen LogP contribution is -2.01. The van der Waals surface area contributed by atoms with Crippen LogP contribution in [0.1, 0.15) is 23.2 Å². The van der Waals surface area contributed by atoms with Gasteiger partial charge in [0.15, 0.2) is 5.78 Å². The zero-order valence-electron chi connectivity index (χ0n) is 7.03. The Balaban J connectivity index is 2.42. The number of rotatable bonds is 2. The smallest absolute Gasteiger partial charge is 0.173 e. The number of Topliss-reactive ketones (excluding diaryl/α,β-unsaturated/α-hetero) is 1. The van der Waals surface area contributed by atoms with Crippen molar-refractivity contribution in [3.05, 3.63) is 23.8 Å². The van der Waals surface area contributed by atoms with Crippen LogP contribution in [0.15, 0.2) is 18.2 Å². The third-order valence-electron chi connectivity index (χ3n) is 2.22. The van der Waals surface area contributed by atoms with Crippen LogP contribution in [0.4, 0.5) is 0 Å². The largest absolute Gasteiger partial charge is 0.507 e. The predicted molar refractivity (Wildman–Crippen MR) is 46.8 cm³/mol. The SMILES string of the molecule is O=C(c1c(O)cccc1O)C1CC1. The van der Waals surface area contributed by atoms with Gasteiger partial charge in [-0.05, 0) is 25.0 Å². The number of carbonyl (C=O) groups is 1. The highest BCUT2D eigenvalue weighted by Crippen LogP contribution is 2.38. The second-order valence-corrected chi connectivity index (χ2v) is 3.31. The van der Waals surface area contributed by atoms with Crippen molar-refractivity contribution >= 4 is 5.78 Å². The van der Waals surface area contributed by atoms with E-state index in [4.69, 9.17) is 0 Å². The lowest BCUT2D eigenvalue weighted by atomic mass is 10.1. The van der Waals surface area contributed by atoms with E-state index in [0.717, 1.165) is 12.8 Å². The average molecular weight is 178 g/mol. The summed E-state index contributed by atoms with van der Waals surface area (Å²) in [5, 5.41) is 18.7. The highest BCUT2D eigenvalue weighted by molar-refractivity contribution is 6.03. The number of hydrogen-bond donors (Lipinski definition) is 2. The molecule has 1 aromatic carbocycles. The number of aromatic hydroxyl groups is 2. The number of benzene rings is 1. The Morgan fingerprint density at radius 1 is 1.23 bits per heavy atom. The molecule has 0 bridgehead atoms. The fourth-order valence-corrected chi connectivity index (χ4v) is 1.33. The molecule has 0 unspecified atom stereocenters. The first kappa shape index (κ1) is 8.10. The van der Waals surface area contributed by atoms with Crippen molar-refractivity contribution in [3.63, 3.8) is 0 Å². The molecule has 0 atom stereocenters. The topological polar surface area (TPSA) is 57.5 Å². The Labute approximate surface area is 75.6 Å². The van der Waals surface area contributed by atoms with Gasteiger partial charge in [-0.3, -0.25) is 4.79 Å². The van der Waals surface area contributed by atoms with Crippen molar-refractivity contribution in [2.75, 3.05) is 0 Å². The molecule has 0 radical (unpaired) electrons. The minimum Gasteiger partial charge on any atom is -0.507 e. The van der Waals surface area contributed by atoms with E-state index in [0.29, 0.717) is 0 Å². The maximum absolute atomic E-state index is 11.5. The summed E-state index contributed by atoms with van der Waals surface area (Å²) in [6.45, 7) is 0. The highest BCUT2D eigenvalue weighted by Gasteiger charge is 2.33. The highest BCUT2D eigenvalue weighted by atomic mass is 16.3. The molecule has 2 rings (SSSR count). The first-order chi connectivity index (χ1) is 6.20. The summed E-state index contributed by atoms with van der Waals surface area (Å²) in [6.07, 6.45) is 1.74. The van der Waals surface area contributed by atoms with Crippen LogP contribution in [0.3, 0.4) is 0 Å². The average Bonchev–Trinajstić information content (AvgIpc) is 2.85. The molecule has 3 nitrogen and oxygen atoms in total. The van der Waals surface area contributed by atoms with Crippen LogP contribution < -0.4 is 0 Å². The van der Waals surface area contributed by atoms with Crippen molar-refractivity contribution in [3.8, 4) is 11.5 Å². The lowest BCUT2D eigenvalue weighted by molar-refractivity contribution is 0.0962. The molecule has 0 saturated heterocycles. The predicted octanol–water partition coefficient (Wildman–Crippen LogP) is 1.69. The number of phenols is 2. The summed E-state index contributed by atoms with van der Waals surface area (Å²) in [6, 6.07) is 4.33. The Morgan fingerprint density at radius 3 is 2.23 bits per heavy atom. The van der Waals surface area contributed by atoms with Gasteiger partial charge < -0.3 is 10.2 Å². The van der Waals surface area contributed by atoms with Gasteiger partial charge in [0.25, 0.3) is 0 Å². The van der Waals surface area contributed by atoms with Gasteiger partial charge in [0.1, 0.15) is 17.1 Å². The number of phenolic OH excluding ortho intramolecular Hbond substituents is 2. The fraction of sp³-hybridized carbons (Fsp3) is 0.300. The van der Waals surface area contributed by atoms with Crippen molar-refractivity contribution in [1.82, 2.24) is 0 Å². The summed E-state index contributed by atoms with van der Waals surface area (Å²) in [5.74, 6) is -0.386. The van der Waals surface area contributed by atoms with Crippen LogP contribution >= 0.6 is 0 Å². The molecule has 0 aromatic heterocycles. The van der Waals surface area contributed by atoms with Crippen LogP contribution in [0, 0.1) is 5.92 Å². The van der Waals surface area contributed by atoms with E-state index in [1.165, 1.54) is 18.2 Å². The first-order valence-corrected chi connectivity index (χ1v) is 4.25. The normalized spacial score (nSPS) is 15.7. The number of hydrogen-bond acceptors (Lipinski definition) is 3. The summed E-state index contributed by atoms with van der Waals surface area (Å²) >= 11 is 0. The Kier molecular flexibility index (Phi) is 1.72. The molecule has 0 aliphatic heterocycles. The van der Waals surface area contributed by atoms with Crippen LogP contribution in [-0.2, 0) is 0 Å². The molecular weight excluding hydrogens is 168 g/mol. The fourth-order valence-electron chi connectivity index (χ4n) is 1.33. The van der Waals surface area contributed by atoms with Crippen molar-refractivity contribution in [1.29, 1.82) is 0 Å². The van der Waals surface area contributed by atoms with Gasteiger partial charge in [-0.25, -0.2) is 0 Å². The van der Waals surface area contributed by atoms with Crippen molar-refractivity contribution in [2.45, 2.75) is 12.8 Å². The Hall–Kier alpha value is -1.51. The van der Waals surface area contributed by atoms with E-state index in [1.807, 2.05) is 0 Å². The molecule has 0 heterocycles. The van der Waals surface area contributed by atoms with E-state index in [9.17, 15) is 15.0 Å². The van der Waals surface area contributed by atoms with Gasteiger partial charge in [0.05, 0.1) is 0 Å². The first-order valence-electron chi connectivity index (χ1n) is 4.25. The van der Waals surface area contributed by atoms with E-state index in [2.05, 4.69) is 0 Å². The van der Waals surface area contributed by atoms with Crippen LogP contribution in [0.5, 0.6) is 11.5 Å². The summed E-state index contributed by atoms with van der Waals surface area (Å²) in [4.78, 5) is 11.5. The van der Waals surface area contributed by atoms with Gasteiger partial charge >= 0.3 is 0 Å². The van der Waals surface area contributed by atoms with Gasteiger partial charge in [0, 0.05) is 5.92 Å². The molecule has 1 saturated carbocycles. The summed E-state index contributed by atoms with van der Waals surface area (Å²) in [7, 11) is 0. The lowest BCUT2D eigenvalue weighted by Gasteiger charge is -2.04.